The molecule has 0 atom stereocenters. The van der Waals surface area contributed by atoms with E-state index in [9.17, 15) is 14.4 Å². The van der Waals surface area contributed by atoms with E-state index in [-0.39, 0.29) is 11.5 Å². The summed E-state index contributed by atoms with van der Waals surface area (Å²) in [5.74, 6) is -0.401. The molecule has 2 N–H and O–H groups in total. The van der Waals surface area contributed by atoms with Gasteiger partial charge in [0.25, 0.3) is 11.8 Å². The van der Waals surface area contributed by atoms with Gasteiger partial charge in [-0.2, -0.15) is 0 Å². The van der Waals surface area contributed by atoms with Gasteiger partial charge in [-0.25, -0.2) is 0 Å². The largest absolute Gasteiger partial charge is 0.489 e. The highest BCUT2D eigenvalue weighted by atomic mass is 16.5. The fourth-order valence-electron chi connectivity index (χ4n) is 4.37. The number of ether oxygens (including phenoxy) is 1. The van der Waals surface area contributed by atoms with E-state index in [2.05, 4.69) is 10.6 Å². The average Bonchev–Trinajstić information content (AvgIpc) is 3.08. The number of hydrogen-bond acceptors (Lipinski definition) is 4. The first-order chi connectivity index (χ1) is 21.9. The van der Waals surface area contributed by atoms with Gasteiger partial charge >= 0.3 is 0 Å². The molecule has 5 aromatic rings. The first-order valence-electron chi connectivity index (χ1n) is 14.5. The van der Waals surface area contributed by atoms with Gasteiger partial charge < -0.3 is 15.4 Å². The molecule has 0 aliphatic rings. The summed E-state index contributed by atoms with van der Waals surface area (Å²) >= 11 is 0. The maximum absolute atomic E-state index is 13.4. The quantitative estimate of drug-likeness (QED) is 0.121. The molecule has 5 rings (SSSR count). The van der Waals surface area contributed by atoms with Crippen molar-refractivity contribution in [3.63, 3.8) is 0 Å². The zero-order valence-electron chi connectivity index (χ0n) is 24.8. The van der Waals surface area contributed by atoms with Gasteiger partial charge in [0.15, 0.2) is 5.78 Å². The number of allylic oxidation sites excluding steroid dienone is 1. The van der Waals surface area contributed by atoms with E-state index >= 15 is 0 Å². The zero-order chi connectivity index (χ0) is 31.4. The molecule has 0 aromatic heterocycles. The average molecular weight is 593 g/mol. The summed E-state index contributed by atoms with van der Waals surface area (Å²) in [5, 5.41) is 5.57. The molecule has 0 fully saturated rings. The molecule has 222 valence electrons. The van der Waals surface area contributed by atoms with E-state index in [0.717, 1.165) is 16.7 Å². The van der Waals surface area contributed by atoms with Crippen molar-refractivity contribution in [3.05, 3.63) is 179 Å². The first kappa shape index (κ1) is 30.4. The van der Waals surface area contributed by atoms with E-state index in [1.165, 1.54) is 6.08 Å². The molecule has 6 heteroatoms. The number of carbonyl (C=O) groups excluding carboxylic acids is 3. The lowest BCUT2D eigenvalue weighted by atomic mass is 10.1. The minimum atomic E-state index is -0.512. The third-order valence-corrected chi connectivity index (χ3v) is 6.90. The van der Waals surface area contributed by atoms with Crippen LogP contribution in [0.1, 0.15) is 43.0 Å². The van der Waals surface area contributed by atoms with E-state index < -0.39 is 11.8 Å². The second-order valence-electron chi connectivity index (χ2n) is 10.4. The van der Waals surface area contributed by atoms with Gasteiger partial charge in [0.2, 0.25) is 0 Å². The number of benzene rings is 5. The third-order valence-electron chi connectivity index (χ3n) is 6.90. The van der Waals surface area contributed by atoms with Gasteiger partial charge in [-0.1, -0.05) is 96.6 Å². The number of rotatable bonds is 11. The fourth-order valence-corrected chi connectivity index (χ4v) is 4.37. The van der Waals surface area contributed by atoms with E-state index in [0.29, 0.717) is 34.7 Å². The highest BCUT2D eigenvalue weighted by Gasteiger charge is 2.15. The van der Waals surface area contributed by atoms with Gasteiger partial charge in [-0.15, -0.1) is 0 Å². The molecule has 45 heavy (non-hydrogen) atoms. The van der Waals surface area contributed by atoms with Crippen molar-refractivity contribution in [2.24, 2.45) is 0 Å². The van der Waals surface area contributed by atoms with Gasteiger partial charge in [-0.05, 0) is 84.3 Å². The van der Waals surface area contributed by atoms with Gasteiger partial charge in [0.05, 0.1) is 0 Å². The van der Waals surface area contributed by atoms with Crippen LogP contribution in [0.2, 0.25) is 0 Å². The van der Waals surface area contributed by atoms with Crippen LogP contribution in [-0.4, -0.2) is 17.6 Å². The molecule has 0 spiro atoms. The summed E-state index contributed by atoms with van der Waals surface area (Å²) in [6.07, 6.45) is 4.90. The highest BCUT2D eigenvalue weighted by molar-refractivity contribution is 6.11. The molecule has 6 nitrogen and oxygen atoms in total. The number of aryl methyl sites for hydroxylation is 1. The van der Waals surface area contributed by atoms with Gasteiger partial charge in [-0.3, -0.25) is 14.4 Å². The van der Waals surface area contributed by atoms with E-state index in [1.807, 2.05) is 91.9 Å². The Kier molecular flexibility index (Phi) is 10.1. The van der Waals surface area contributed by atoms with Crippen molar-refractivity contribution in [1.82, 2.24) is 5.32 Å². The minimum absolute atomic E-state index is 0.0583. The predicted octanol–water partition coefficient (Wildman–Crippen LogP) is 7.88. The highest BCUT2D eigenvalue weighted by Crippen LogP contribution is 2.18. The van der Waals surface area contributed by atoms with Crippen molar-refractivity contribution in [3.8, 4) is 5.75 Å². The van der Waals surface area contributed by atoms with Crippen molar-refractivity contribution in [2.45, 2.75) is 13.5 Å². The molecular weight excluding hydrogens is 560 g/mol. The zero-order valence-corrected chi connectivity index (χ0v) is 24.8. The number of nitrogens with one attached hydrogen (secondary N) is 2. The molecule has 0 aliphatic heterocycles. The number of carbonyl (C=O) groups is 3. The smallest absolute Gasteiger partial charge is 0.272 e. The molecule has 5 aromatic carbocycles. The Hall–Kier alpha value is -6.01. The van der Waals surface area contributed by atoms with Crippen LogP contribution < -0.4 is 15.4 Å². The molecule has 0 unspecified atom stereocenters. The standard InChI is InChI=1S/C39H32N2O4/c1-28-12-14-29(15-13-28)18-25-37(42)32-19-21-34(22-20-32)40-39(44)36(41-38(43)33-10-6-3-7-11-33)26-30-16-23-35(24-17-30)45-27-31-8-4-2-5-9-31/h2-26H,27H2,1H3,(H,40,44)(H,41,43)/b25-18+,36-26-. The molecule has 0 heterocycles. The fraction of sp³-hybridized carbons (Fsp3) is 0.0513. The van der Waals surface area contributed by atoms with Crippen LogP contribution in [0.4, 0.5) is 5.69 Å². The Labute approximate surface area is 262 Å². The maximum Gasteiger partial charge on any atom is 0.272 e. The summed E-state index contributed by atoms with van der Waals surface area (Å²) in [4.78, 5) is 39.1. The summed E-state index contributed by atoms with van der Waals surface area (Å²) in [7, 11) is 0. The summed E-state index contributed by atoms with van der Waals surface area (Å²) in [5.41, 5.74) is 5.27. The summed E-state index contributed by atoms with van der Waals surface area (Å²) < 4.78 is 5.87. The molecule has 2 amide bonds. The van der Waals surface area contributed by atoms with Gasteiger partial charge in [0, 0.05) is 16.8 Å². The number of anilines is 1. The monoisotopic (exact) mass is 592 g/mol. The van der Waals surface area contributed by atoms with Crippen molar-refractivity contribution in [1.29, 1.82) is 0 Å². The van der Waals surface area contributed by atoms with E-state index in [1.54, 1.807) is 60.7 Å². The molecular formula is C39H32N2O4. The van der Waals surface area contributed by atoms with Crippen molar-refractivity contribution in [2.75, 3.05) is 5.32 Å². The van der Waals surface area contributed by atoms with Crippen LogP contribution in [0.3, 0.4) is 0 Å². The van der Waals surface area contributed by atoms with Crippen LogP contribution in [-0.2, 0) is 11.4 Å². The lowest BCUT2D eigenvalue weighted by molar-refractivity contribution is -0.113. The molecule has 0 radical (unpaired) electrons. The second-order valence-corrected chi connectivity index (χ2v) is 10.4. The lowest BCUT2D eigenvalue weighted by Crippen LogP contribution is -2.30. The van der Waals surface area contributed by atoms with Crippen molar-refractivity contribution < 1.29 is 19.1 Å². The predicted molar refractivity (Wildman–Crippen MR) is 179 cm³/mol. The number of hydrogen-bond donors (Lipinski definition) is 2. The van der Waals surface area contributed by atoms with Crippen LogP contribution >= 0.6 is 0 Å². The van der Waals surface area contributed by atoms with Gasteiger partial charge in [0.1, 0.15) is 18.1 Å². The van der Waals surface area contributed by atoms with Crippen LogP contribution in [0.5, 0.6) is 5.75 Å². The summed E-state index contributed by atoms with van der Waals surface area (Å²) in [6, 6.07) is 40.3. The topological polar surface area (TPSA) is 84.5 Å². The van der Waals surface area contributed by atoms with Crippen LogP contribution in [0.25, 0.3) is 12.2 Å². The third kappa shape index (κ3) is 8.99. The second kappa shape index (κ2) is 14.9. The van der Waals surface area contributed by atoms with Crippen molar-refractivity contribution >= 4 is 35.4 Å². The molecule has 0 saturated carbocycles. The first-order valence-corrected chi connectivity index (χ1v) is 14.5. The summed E-state index contributed by atoms with van der Waals surface area (Å²) in [6.45, 7) is 2.44. The Morgan fingerprint density at radius 1 is 0.667 bits per heavy atom. The number of amides is 2. The lowest BCUT2D eigenvalue weighted by Gasteiger charge is -2.12. The Balaban J connectivity index is 1.28. The minimum Gasteiger partial charge on any atom is -0.489 e. The SMILES string of the molecule is Cc1ccc(/C=C/C(=O)c2ccc(NC(=O)/C(=C/c3ccc(OCc4ccccc4)cc3)NC(=O)c3ccccc3)cc2)cc1. The number of ketones is 1. The van der Waals surface area contributed by atoms with Crippen LogP contribution in [0, 0.1) is 6.92 Å². The Bertz CT molecular complexity index is 1810. The molecule has 0 saturated heterocycles. The van der Waals surface area contributed by atoms with E-state index in [4.69, 9.17) is 4.74 Å². The molecule has 0 aliphatic carbocycles. The molecule has 0 bridgehead atoms. The maximum atomic E-state index is 13.4. The van der Waals surface area contributed by atoms with Crippen LogP contribution in [0.15, 0.2) is 145 Å². The Morgan fingerprint density at radius 2 is 1.29 bits per heavy atom. The normalized spacial score (nSPS) is 11.2. The Morgan fingerprint density at radius 3 is 1.96 bits per heavy atom.